The smallest absolute Gasteiger partial charge is 0.341 e. The van der Waals surface area contributed by atoms with Crippen molar-refractivity contribution in [2.24, 2.45) is 5.92 Å². The van der Waals surface area contributed by atoms with E-state index in [1.54, 1.807) is 18.2 Å². The summed E-state index contributed by atoms with van der Waals surface area (Å²) in [6.07, 6.45) is 2.58. The Morgan fingerprint density at radius 1 is 1.29 bits per heavy atom. The summed E-state index contributed by atoms with van der Waals surface area (Å²) in [5, 5.41) is 3.52. The van der Waals surface area contributed by atoms with Crippen molar-refractivity contribution in [3.63, 3.8) is 0 Å². The maximum Gasteiger partial charge on any atom is 0.341 e. The number of hydrogen-bond donors (Lipinski definition) is 1. The number of amides is 1. The zero-order chi connectivity index (χ0) is 20.3. The highest BCUT2D eigenvalue weighted by Crippen LogP contribution is 2.40. The molecule has 150 valence electrons. The van der Waals surface area contributed by atoms with Gasteiger partial charge in [0.05, 0.1) is 23.8 Å². The molecule has 1 heterocycles. The average molecular weight is 402 g/mol. The maximum atomic E-state index is 12.9. The minimum atomic E-state index is -0.365. The third kappa shape index (κ3) is 4.38. The van der Waals surface area contributed by atoms with Crippen molar-refractivity contribution in [3.05, 3.63) is 45.8 Å². The molecule has 0 fully saturated rings. The van der Waals surface area contributed by atoms with Gasteiger partial charge in [0.25, 0.3) is 5.91 Å². The molecular weight excluding hydrogens is 374 g/mol. The number of nitrogens with one attached hydrogen (secondary N) is 1. The molecule has 1 atom stereocenters. The van der Waals surface area contributed by atoms with Gasteiger partial charge in [-0.05, 0) is 63.6 Å². The standard InChI is InChI=1S/C22H27NO4S/c1-5-26-17-9-7-6-8-15(17)20(24)23-21-19(22(25)27-13(2)3)16-11-10-14(4)12-18(16)28-21/h6-9,13-14H,5,10-12H2,1-4H3,(H,23,24)/t14-/m1/s1. The third-order valence-electron chi connectivity index (χ3n) is 4.72. The van der Waals surface area contributed by atoms with E-state index < -0.39 is 0 Å². The van der Waals surface area contributed by atoms with Crippen LogP contribution in [0.5, 0.6) is 5.75 Å². The van der Waals surface area contributed by atoms with E-state index in [4.69, 9.17) is 9.47 Å². The van der Waals surface area contributed by atoms with Crippen molar-refractivity contribution in [2.45, 2.75) is 53.1 Å². The fourth-order valence-electron chi connectivity index (χ4n) is 3.43. The number of hydrogen-bond acceptors (Lipinski definition) is 5. The molecule has 1 aromatic carbocycles. The van der Waals surface area contributed by atoms with Crippen molar-refractivity contribution in [3.8, 4) is 5.75 Å². The van der Waals surface area contributed by atoms with Crippen LogP contribution in [0.4, 0.5) is 5.00 Å². The molecule has 1 aromatic heterocycles. The van der Waals surface area contributed by atoms with Gasteiger partial charge in [-0.2, -0.15) is 0 Å². The van der Waals surface area contributed by atoms with Crippen LogP contribution in [0.1, 0.15) is 65.3 Å². The first-order chi connectivity index (χ1) is 13.4. The number of anilines is 1. The van der Waals surface area contributed by atoms with E-state index in [2.05, 4.69) is 12.2 Å². The Hall–Kier alpha value is -2.34. The minimum absolute atomic E-state index is 0.215. The summed E-state index contributed by atoms with van der Waals surface area (Å²) in [6.45, 7) is 8.22. The van der Waals surface area contributed by atoms with Crippen molar-refractivity contribution >= 4 is 28.2 Å². The van der Waals surface area contributed by atoms with Gasteiger partial charge in [-0.25, -0.2) is 4.79 Å². The van der Waals surface area contributed by atoms with Gasteiger partial charge < -0.3 is 14.8 Å². The lowest BCUT2D eigenvalue weighted by Gasteiger charge is -2.19. The predicted octanol–water partition coefficient (Wildman–Crippen LogP) is 5.09. The van der Waals surface area contributed by atoms with E-state index in [0.29, 0.717) is 34.4 Å². The van der Waals surface area contributed by atoms with E-state index in [9.17, 15) is 9.59 Å². The van der Waals surface area contributed by atoms with Crippen LogP contribution in [0.3, 0.4) is 0 Å². The zero-order valence-electron chi connectivity index (χ0n) is 16.8. The van der Waals surface area contributed by atoms with Gasteiger partial charge in [0, 0.05) is 4.88 Å². The van der Waals surface area contributed by atoms with Crippen LogP contribution in [0.15, 0.2) is 24.3 Å². The predicted molar refractivity (Wildman–Crippen MR) is 112 cm³/mol. The highest BCUT2D eigenvalue weighted by atomic mass is 32.1. The molecule has 1 aliphatic carbocycles. The van der Waals surface area contributed by atoms with Crippen LogP contribution in [0.25, 0.3) is 0 Å². The lowest BCUT2D eigenvalue weighted by atomic mass is 9.88. The molecular formula is C22H27NO4S. The number of para-hydroxylation sites is 1. The number of thiophene rings is 1. The van der Waals surface area contributed by atoms with Gasteiger partial charge in [0.2, 0.25) is 0 Å². The van der Waals surface area contributed by atoms with Crippen molar-refractivity contribution in [1.29, 1.82) is 0 Å². The number of benzene rings is 1. The topological polar surface area (TPSA) is 64.6 Å². The molecule has 0 aliphatic heterocycles. The number of esters is 1. The molecule has 6 heteroatoms. The molecule has 0 saturated carbocycles. The number of ether oxygens (including phenoxy) is 2. The Morgan fingerprint density at radius 2 is 2.04 bits per heavy atom. The van der Waals surface area contributed by atoms with Crippen molar-refractivity contribution in [2.75, 3.05) is 11.9 Å². The van der Waals surface area contributed by atoms with Gasteiger partial charge in [0.1, 0.15) is 10.8 Å². The molecule has 0 saturated heterocycles. The van der Waals surface area contributed by atoms with Gasteiger partial charge >= 0.3 is 5.97 Å². The SMILES string of the molecule is CCOc1ccccc1C(=O)Nc1sc2c(c1C(=O)OC(C)C)CC[C@@H](C)C2. The fourth-order valence-corrected chi connectivity index (χ4v) is 4.83. The normalized spacial score (nSPS) is 15.8. The quantitative estimate of drug-likeness (QED) is 0.685. The first kappa shape index (κ1) is 20.4. The fraction of sp³-hybridized carbons (Fsp3) is 0.455. The molecule has 0 spiro atoms. The van der Waals surface area contributed by atoms with Crippen LogP contribution in [0, 0.1) is 5.92 Å². The van der Waals surface area contributed by atoms with Crippen LogP contribution < -0.4 is 10.1 Å². The summed E-state index contributed by atoms with van der Waals surface area (Å²) in [7, 11) is 0. The van der Waals surface area contributed by atoms with E-state index in [1.165, 1.54) is 16.2 Å². The van der Waals surface area contributed by atoms with Crippen molar-refractivity contribution in [1.82, 2.24) is 0 Å². The average Bonchev–Trinajstić information content (AvgIpc) is 2.98. The second kappa shape index (κ2) is 8.78. The molecule has 0 unspecified atom stereocenters. The first-order valence-electron chi connectivity index (χ1n) is 9.79. The summed E-state index contributed by atoms with van der Waals surface area (Å²) in [4.78, 5) is 26.9. The lowest BCUT2D eigenvalue weighted by Crippen LogP contribution is -2.19. The number of rotatable bonds is 6. The highest BCUT2D eigenvalue weighted by molar-refractivity contribution is 7.17. The van der Waals surface area contributed by atoms with Gasteiger partial charge in [-0.15, -0.1) is 11.3 Å². The molecule has 0 radical (unpaired) electrons. The van der Waals surface area contributed by atoms with Gasteiger partial charge in [-0.1, -0.05) is 19.1 Å². The first-order valence-corrected chi connectivity index (χ1v) is 10.6. The zero-order valence-corrected chi connectivity index (χ0v) is 17.7. The van der Waals surface area contributed by atoms with Crippen LogP contribution in [0.2, 0.25) is 0 Å². The highest BCUT2D eigenvalue weighted by Gasteiger charge is 2.30. The minimum Gasteiger partial charge on any atom is -0.493 e. The molecule has 1 N–H and O–H groups in total. The van der Waals surface area contributed by atoms with E-state index in [1.807, 2.05) is 26.8 Å². The molecule has 2 aromatic rings. The summed E-state index contributed by atoms with van der Waals surface area (Å²) >= 11 is 1.49. The van der Waals surface area contributed by atoms with Crippen molar-refractivity contribution < 1.29 is 19.1 Å². The Morgan fingerprint density at radius 3 is 2.75 bits per heavy atom. The molecule has 28 heavy (non-hydrogen) atoms. The third-order valence-corrected chi connectivity index (χ3v) is 5.89. The lowest BCUT2D eigenvalue weighted by molar-refractivity contribution is 0.0378. The summed E-state index contributed by atoms with van der Waals surface area (Å²) in [5.41, 5.74) is 2.00. The second-order valence-corrected chi connectivity index (χ2v) is 8.50. The monoisotopic (exact) mass is 401 g/mol. The molecule has 1 amide bonds. The van der Waals surface area contributed by atoms with E-state index in [0.717, 1.165) is 24.8 Å². The Balaban J connectivity index is 1.95. The summed E-state index contributed by atoms with van der Waals surface area (Å²) in [6, 6.07) is 7.13. The van der Waals surface area contributed by atoms with Crippen LogP contribution >= 0.6 is 11.3 Å². The molecule has 1 aliphatic rings. The number of carbonyl (C=O) groups is 2. The summed E-state index contributed by atoms with van der Waals surface area (Å²) in [5.74, 6) is 0.454. The number of fused-ring (bicyclic) bond motifs is 1. The Kier molecular flexibility index (Phi) is 6.39. The maximum absolute atomic E-state index is 12.9. The molecule has 3 rings (SSSR count). The van der Waals surface area contributed by atoms with E-state index >= 15 is 0 Å². The largest absolute Gasteiger partial charge is 0.493 e. The van der Waals surface area contributed by atoms with Crippen LogP contribution in [-0.4, -0.2) is 24.6 Å². The summed E-state index contributed by atoms with van der Waals surface area (Å²) < 4.78 is 11.0. The van der Waals surface area contributed by atoms with E-state index in [-0.39, 0.29) is 18.0 Å². The molecule has 5 nitrogen and oxygen atoms in total. The Bertz CT molecular complexity index is 871. The van der Waals surface area contributed by atoms with Gasteiger partial charge in [0.15, 0.2) is 0 Å². The second-order valence-electron chi connectivity index (χ2n) is 7.39. The van der Waals surface area contributed by atoms with Gasteiger partial charge in [-0.3, -0.25) is 4.79 Å². The molecule has 0 bridgehead atoms. The van der Waals surface area contributed by atoms with Crippen LogP contribution in [-0.2, 0) is 17.6 Å². The number of carbonyl (C=O) groups excluding carboxylic acids is 2. The Labute approximate surface area is 170 Å².